The van der Waals surface area contributed by atoms with Crippen LogP contribution < -0.4 is 4.74 Å². The summed E-state index contributed by atoms with van der Waals surface area (Å²) in [4.78, 5) is 9.94. The maximum Gasteiger partial charge on any atom is 0.119 e. The van der Waals surface area contributed by atoms with Crippen molar-refractivity contribution in [2.75, 3.05) is 20.2 Å². The van der Waals surface area contributed by atoms with Crippen LogP contribution in [0.5, 0.6) is 5.75 Å². The molecule has 3 heterocycles. The number of pyridine rings is 1. The van der Waals surface area contributed by atoms with Gasteiger partial charge in [-0.2, -0.15) is 0 Å². The van der Waals surface area contributed by atoms with Crippen molar-refractivity contribution in [3.8, 4) is 5.75 Å². The summed E-state index contributed by atoms with van der Waals surface area (Å²) in [6, 6.07) is 8.26. The Kier molecular flexibility index (Phi) is 4.64. The lowest BCUT2D eigenvalue weighted by molar-refractivity contribution is 0.205. The van der Waals surface area contributed by atoms with Crippen molar-refractivity contribution in [2.45, 2.75) is 25.3 Å². The normalized spacial score (nSPS) is 16.4. The molecule has 0 spiro atoms. The third-order valence-corrected chi connectivity index (χ3v) is 5.54. The molecule has 0 unspecified atom stereocenters. The summed E-state index contributed by atoms with van der Waals surface area (Å²) < 4.78 is 5.39. The van der Waals surface area contributed by atoms with Gasteiger partial charge in [0.2, 0.25) is 0 Å². The molecule has 1 aromatic carbocycles. The fourth-order valence-electron chi connectivity index (χ4n) is 3.76. The number of nitrogens with one attached hydrogen (secondary N) is 1. The molecule has 0 bridgehead atoms. The summed E-state index contributed by atoms with van der Waals surface area (Å²) in [5.41, 5.74) is 3.75. The Labute approximate surface area is 152 Å². The van der Waals surface area contributed by atoms with Gasteiger partial charge in [0.1, 0.15) is 5.75 Å². The van der Waals surface area contributed by atoms with Crippen molar-refractivity contribution in [1.29, 1.82) is 0 Å². The standard InChI is InChI=1S/C20H22ClN3O/c1-25-16-2-3-20-17(10-16)18(11-23-20)14-5-8-24(9-6-14)13-15-4-7-22-12-19(15)21/h2-4,7,10-12,14,23H,5-6,8-9,13H2,1H3. The van der Waals surface area contributed by atoms with Crippen LogP contribution in [0, 0.1) is 0 Å². The van der Waals surface area contributed by atoms with Crippen molar-refractivity contribution in [2.24, 2.45) is 0 Å². The van der Waals surface area contributed by atoms with E-state index >= 15 is 0 Å². The van der Waals surface area contributed by atoms with Gasteiger partial charge in [-0.15, -0.1) is 0 Å². The predicted octanol–water partition coefficient (Wildman–Crippen LogP) is 4.60. The molecule has 4 rings (SSSR count). The molecular weight excluding hydrogens is 334 g/mol. The first-order valence-electron chi connectivity index (χ1n) is 8.70. The first-order valence-corrected chi connectivity index (χ1v) is 9.08. The number of hydrogen-bond donors (Lipinski definition) is 1. The molecule has 1 N–H and O–H groups in total. The Morgan fingerprint density at radius 3 is 2.88 bits per heavy atom. The molecule has 0 atom stereocenters. The minimum absolute atomic E-state index is 0.588. The summed E-state index contributed by atoms with van der Waals surface area (Å²) in [5, 5.41) is 2.04. The largest absolute Gasteiger partial charge is 0.497 e. The quantitative estimate of drug-likeness (QED) is 0.743. The zero-order valence-corrected chi connectivity index (χ0v) is 15.1. The minimum atomic E-state index is 0.588. The van der Waals surface area contributed by atoms with Gasteiger partial charge < -0.3 is 9.72 Å². The maximum atomic E-state index is 6.24. The topological polar surface area (TPSA) is 41.1 Å². The van der Waals surface area contributed by atoms with Gasteiger partial charge in [-0.05, 0) is 67.2 Å². The van der Waals surface area contributed by atoms with Crippen molar-refractivity contribution in [3.05, 3.63) is 59.0 Å². The zero-order chi connectivity index (χ0) is 17.2. The highest BCUT2D eigenvalue weighted by Crippen LogP contribution is 2.35. The number of hydrogen-bond acceptors (Lipinski definition) is 3. The highest BCUT2D eigenvalue weighted by molar-refractivity contribution is 6.31. The minimum Gasteiger partial charge on any atom is -0.497 e. The molecule has 5 heteroatoms. The van der Waals surface area contributed by atoms with Crippen molar-refractivity contribution >= 4 is 22.5 Å². The molecule has 0 amide bonds. The van der Waals surface area contributed by atoms with E-state index in [1.54, 1.807) is 13.3 Å². The molecule has 0 aliphatic carbocycles. The second-order valence-corrected chi connectivity index (χ2v) is 7.08. The zero-order valence-electron chi connectivity index (χ0n) is 14.3. The van der Waals surface area contributed by atoms with E-state index in [1.165, 1.54) is 16.5 Å². The van der Waals surface area contributed by atoms with Crippen LogP contribution in [0.1, 0.15) is 29.9 Å². The number of piperidine rings is 1. The van der Waals surface area contributed by atoms with Gasteiger partial charge in [0.05, 0.1) is 12.1 Å². The highest BCUT2D eigenvalue weighted by atomic mass is 35.5. The monoisotopic (exact) mass is 355 g/mol. The van der Waals surface area contributed by atoms with Crippen molar-refractivity contribution in [1.82, 2.24) is 14.9 Å². The maximum absolute atomic E-state index is 6.24. The first-order chi connectivity index (χ1) is 12.2. The lowest BCUT2D eigenvalue weighted by atomic mass is 9.89. The first kappa shape index (κ1) is 16.4. The van der Waals surface area contributed by atoms with E-state index in [-0.39, 0.29) is 0 Å². The molecule has 25 heavy (non-hydrogen) atoms. The number of nitrogens with zero attached hydrogens (tertiary/aromatic N) is 2. The fraction of sp³-hybridized carbons (Fsp3) is 0.350. The molecule has 0 saturated carbocycles. The van der Waals surface area contributed by atoms with Crippen LogP contribution in [0.25, 0.3) is 10.9 Å². The van der Waals surface area contributed by atoms with Crippen LogP contribution in [0.2, 0.25) is 5.02 Å². The van der Waals surface area contributed by atoms with E-state index in [0.29, 0.717) is 5.92 Å². The highest BCUT2D eigenvalue weighted by Gasteiger charge is 2.23. The number of methoxy groups -OCH3 is 1. The molecule has 3 aromatic rings. The van der Waals surface area contributed by atoms with Crippen LogP contribution >= 0.6 is 11.6 Å². The van der Waals surface area contributed by atoms with E-state index in [9.17, 15) is 0 Å². The van der Waals surface area contributed by atoms with Crippen molar-refractivity contribution in [3.63, 3.8) is 0 Å². The lowest BCUT2D eigenvalue weighted by Crippen LogP contribution is -2.32. The predicted molar refractivity (Wildman–Crippen MR) is 101 cm³/mol. The van der Waals surface area contributed by atoms with Crippen LogP contribution in [0.3, 0.4) is 0 Å². The fourth-order valence-corrected chi connectivity index (χ4v) is 3.94. The van der Waals surface area contributed by atoms with E-state index in [4.69, 9.17) is 16.3 Å². The van der Waals surface area contributed by atoms with Gasteiger partial charge >= 0.3 is 0 Å². The second-order valence-electron chi connectivity index (χ2n) is 6.67. The smallest absolute Gasteiger partial charge is 0.119 e. The summed E-state index contributed by atoms with van der Waals surface area (Å²) in [5.74, 6) is 1.50. The molecule has 1 aliphatic heterocycles. The lowest BCUT2D eigenvalue weighted by Gasteiger charge is -2.32. The molecule has 1 fully saturated rings. The van der Waals surface area contributed by atoms with Crippen LogP contribution in [-0.2, 0) is 6.54 Å². The molecule has 2 aromatic heterocycles. The number of fused-ring (bicyclic) bond motifs is 1. The van der Waals surface area contributed by atoms with Crippen LogP contribution in [-0.4, -0.2) is 35.1 Å². The number of ether oxygens (including phenoxy) is 1. The van der Waals surface area contributed by atoms with Gasteiger partial charge in [-0.1, -0.05) is 11.6 Å². The van der Waals surface area contributed by atoms with Crippen LogP contribution in [0.4, 0.5) is 0 Å². The summed E-state index contributed by atoms with van der Waals surface area (Å²) in [6.07, 6.45) is 8.03. The molecule has 4 nitrogen and oxygen atoms in total. The summed E-state index contributed by atoms with van der Waals surface area (Å²) in [7, 11) is 1.72. The Balaban J connectivity index is 1.46. The van der Waals surface area contributed by atoms with E-state index in [0.717, 1.165) is 48.8 Å². The third kappa shape index (κ3) is 3.37. The second kappa shape index (κ2) is 7.06. The van der Waals surface area contributed by atoms with Gasteiger partial charge in [0, 0.05) is 36.0 Å². The number of likely N-dealkylation sites (tertiary alicyclic amines) is 1. The number of benzene rings is 1. The Bertz CT molecular complexity index is 868. The third-order valence-electron chi connectivity index (χ3n) is 5.20. The number of aromatic nitrogens is 2. The number of aromatic amines is 1. The molecule has 0 radical (unpaired) electrons. The number of halogens is 1. The average Bonchev–Trinajstić information content (AvgIpc) is 3.07. The van der Waals surface area contributed by atoms with Gasteiger partial charge in [0.15, 0.2) is 0 Å². The van der Waals surface area contributed by atoms with E-state index in [1.807, 2.05) is 18.3 Å². The summed E-state index contributed by atoms with van der Waals surface area (Å²) >= 11 is 6.24. The van der Waals surface area contributed by atoms with E-state index < -0.39 is 0 Å². The Morgan fingerprint density at radius 2 is 2.12 bits per heavy atom. The van der Waals surface area contributed by atoms with Gasteiger partial charge in [-0.25, -0.2) is 0 Å². The number of H-pyrrole nitrogens is 1. The Morgan fingerprint density at radius 1 is 1.28 bits per heavy atom. The van der Waals surface area contributed by atoms with E-state index in [2.05, 4.69) is 33.2 Å². The SMILES string of the molecule is COc1ccc2[nH]cc(C3CCN(Cc4ccncc4Cl)CC3)c2c1. The summed E-state index contributed by atoms with van der Waals surface area (Å²) in [6.45, 7) is 3.07. The number of rotatable bonds is 4. The van der Waals surface area contributed by atoms with Crippen molar-refractivity contribution < 1.29 is 4.74 Å². The van der Waals surface area contributed by atoms with Gasteiger partial charge in [-0.3, -0.25) is 9.88 Å². The average molecular weight is 356 g/mol. The molecule has 130 valence electrons. The van der Waals surface area contributed by atoms with Gasteiger partial charge in [0.25, 0.3) is 0 Å². The molecule has 1 saturated heterocycles. The molecule has 1 aliphatic rings. The van der Waals surface area contributed by atoms with Crippen LogP contribution in [0.15, 0.2) is 42.9 Å². The Hall–Kier alpha value is -2.04. The molecular formula is C20H22ClN3O.